The molecule has 2 N–H and O–H groups in total. The van der Waals surface area contributed by atoms with Crippen LogP contribution >= 0.6 is 0 Å². The van der Waals surface area contributed by atoms with Gasteiger partial charge in [0.25, 0.3) is 0 Å². The van der Waals surface area contributed by atoms with Crippen molar-refractivity contribution in [2.45, 2.75) is 50.3 Å². The van der Waals surface area contributed by atoms with E-state index in [2.05, 4.69) is 6.92 Å². The summed E-state index contributed by atoms with van der Waals surface area (Å²) in [7, 11) is -3.21. The summed E-state index contributed by atoms with van der Waals surface area (Å²) in [5, 5.41) is 0. The van der Waals surface area contributed by atoms with Gasteiger partial charge in [-0.15, -0.1) is 0 Å². The fourth-order valence-corrected chi connectivity index (χ4v) is 3.46. The Morgan fingerprint density at radius 3 is 2.28 bits per heavy atom. The van der Waals surface area contributed by atoms with E-state index in [9.17, 15) is 8.42 Å². The molecule has 0 radical (unpaired) electrons. The van der Waals surface area contributed by atoms with Crippen molar-refractivity contribution in [2.24, 2.45) is 0 Å². The molecule has 0 unspecified atom stereocenters. The maximum absolute atomic E-state index is 12.1. The zero-order valence-electron chi connectivity index (χ0n) is 11.1. The van der Waals surface area contributed by atoms with Gasteiger partial charge >= 0.3 is 0 Å². The molecule has 0 heterocycles. The summed E-state index contributed by atoms with van der Waals surface area (Å²) in [5.41, 5.74) is 6.05. The summed E-state index contributed by atoms with van der Waals surface area (Å²) in [6.45, 7) is 2.17. The standard InChI is InChI=1S/C14H23NO2S/c1-2-3-4-5-6-9-12-18(16,17)14-11-8-7-10-13(14)15/h7-8,10-11H,2-6,9,12,15H2,1H3. The number of nitrogens with two attached hydrogens (primary N) is 1. The maximum atomic E-state index is 12.1. The Hall–Kier alpha value is -1.03. The number of sulfone groups is 1. The van der Waals surface area contributed by atoms with Gasteiger partial charge in [0, 0.05) is 0 Å². The molecule has 0 atom stereocenters. The molecule has 3 nitrogen and oxygen atoms in total. The Labute approximate surface area is 110 Å². The molecule has 0 aromatic heterocycles. The maximum Gasteiger partial charge on any atom is 0.180 e. The molecule has 0 amide bonds. The molecule has 4 heteroatoms. The average Bonchev–Trinajstić information content (AvgIpc) is 2.34. The third-order valence-electron chi connectivity index (χ3n) is 3.02. The fourth-order valence-electron chi connectivity index (χ4n) is 1.95. The normalized spacial score (nSPS) is 11.6. The number of hydrogen-bond acceptors (Lipinski definition) is 3. The first-order chi connectivity index (χ1) is 8.58. The molecule has 0 fully saturated rings. The van der Waals surface area contributed by atoms with E-state index in [1.165, 1.54) is 19.3 Å². The molecule has 0 saturated heterocycles. The number of hydrogen-bond donors (Lipinski definition) is 1. The minimum Gasteiger partial charge on any atom is -0.398 e. The summed E-state index contributed by atoms with van der Waals surface area (Å²) in [6, 6.07) is 6.68. The van der Waals surface area contributed by atoms with Crippen molar-refractivity contribution in [3.8, 4) is 0 Å². The number of anilines is 1. The van der Waals surface area contributed by atoms with Crippen molar-refractivity contribution in [3.05, 3.63) is 24.3 Å². The van der Waals surface area contributed by atoms with Crippen LogP contribution in [0.3, 0.4) is 0 Å². The third-order valence-corrected chi connectivity index (χ3v) is 4.89. The lowest BCUT2D eigenvalue weighted by Gasteiger charge is -2.07. The lowest BCUT2D eigenvalue weighted by molar-refractivity contribution is 0.584. The first-order valence-corrected chi connectivity index (χ1v) is 8.30. The minimum absolute atomic E-state index is 0.202. The van der Waals surface area contributed by atoms with Crippen LogP contribution in [0.2, 0.25) is 0 Å². The van der Waals surface area contributed by atoms with E-state index in [0.29, 0.717) is 5.69 Å². The van der Waals surface area contributed by atoms with E-state index in [0.717, 1.165) is 19.3 Å². The highest BCUT2D eigenvalue weighted by Gasteiger charge is 2.16. The van der Waals surface area contributed by atoms with Gasteiger partial charge in [-0.05, 0) is 18.6 Å². The molecule has 0 aliphatic carbocycles. The van der Waals surface area contributed by atoms with Gasteiger partial charge in [-0.2, -0.15) is 0 Å². The van der Waals surface area contributed by atoms with Crippen molar-refractivity contribution in [2.75, 3.05) is 11.5 Å². The summed E-state index contributed by atoms with van der Waals surface area (Å²) in [5.74, 6) is 0.202. The largest absolute Gasteiger partial charge is 0.398 e. The summed E-state index contributed by atoms with van der Waals surface area (Å²) in [4.78, 5) is 0.276. The Morgan fingerprint density at radius 2 is 1.61 bits per heavy atom. The van der Waals surface area contributed by atoms with Crippen LogP contribution in [0.4, 0.5) is 5.69 Å². The van der Waals surface area contributed by atoms with Crippen molar-refractivity contribution in [1.82, 2.24) is 0 Å². The molecular weight excluding hydrogens is 246 g/mol. The van der Waals surface area contributed by atoms with Crippen LogP contribution in [0.15, 0.2) is 29.2 Å². The van der Waals surface area contributed by atoms with E-state index in [4.69, 9.17) is 5.73 Å². The van der Waals surface area contributed by atoms with Gasteiger partial charge in [-0.1, -0.05) is 51.2 Å². The second kappa shape index (κ2) is 7.41. The number of rotatable bonds is 8. The Morgan fingerprint density at radius 1 is 1.00 bits per heavy atom. The highest BCUT2D eigenvalue weighted by Crippen LogP contribution is 2.20. The minimum atomic E-state index is -3.21. The second-order valence-electron chi connectivity index (χ2n) is 4.62. The van der Waals surface area contributed by atoms with Crippen LogP contribution in [0.5, 0.6) is 0 Å². The van der Waals surface area contributed by atoms with Gasteiger partial charge in [0.1, 0.15) is 0 Å². The Balaban J connectivity index is 2.44. The monoisotopic (exact) mass is 269 g/mol. The smallest absolute Gasteiger partial charge is 0.180 e. The molecule has 0 bridgehead atoms. The van der Waals surface area contributed by atoms with Crippen molar-refractivity contribution in [1.29, 1.82) is 0 Å². The van der Waals surface area contributed by atoms with Gasteiger partial charge in [-0.3, -0.25) is 0 Å². The molecule has 0 spiro atoms. The van der Waals surface area contributed by atoms with Crippen LogP contribution in [-0.2, 0) is 9.84 Å². The summed E-state index contributed by atoms with van der Waals surface area (Å²) in [6.07, 6.45) is 6.46. The van der Waals surface area contributed by atoms with Crippen LogP contribution in [0, 0.1) is 0 Å². The van der Waals surface area contributed by atoms with Gasteiger partial charge in [0.05, 0.1) is 16.3 Å². The zero-order valence-corrected chi connectivity index (χ0v) is 11.9. The van der Waals surface area contributed by atoms with E-state index in [1.807, 2.05) is 0 Å². The first-order valence-electron chi connectivity index (χ1n) is 6.65. The summed E-state index contributed by atoms with van der Waals surface area (Å²) < 4.78 is 24.1. The lowest BCUT2D eigenvalue weighted by atomic mass is 10.1. The van der Waals surface area contributed by atoms with Gasteiger partial charge in [0.15, 0.2) is 9.84 Å². The first kappa shape index (κ1) is 15.0. The number of unbranched alkanes of at least 4 members (excludes halogenated alkanes) is 5. The molecule has 1 aromatic carbocycles. The van der Waals surface area contributed by atoms with E-state index < -0.39 is 9.84 Å². The van der Waals surface area contributed by atoms with Crippen LogP contribution in [-0.4, -0.2) is 14.2 Å². The molecule has 18 heavy (non-hydrogen) atoms. The van der Waals surface area contributed by atoms with Crippen LogP contribution < -0.4 is 5.73 Å². The van der Waals surface area contributed by atoms with Crippen molar-refractivity contribution in [3.63, 3.8) is 0 Å². The predicted molar refractivity (Wildman–Crippen MR) is 76.3 cm³/mol. The Bertz CT molecular complexity index is 455. The highest BCUT2D eigenvalue weighted by atomic mass is 32.2. The van der Waals surface area contributed by atoms with Crippen molar-refractivity contribution < 1.29 is 8.42 Å². The molecule has 1 rings (SSSR count). The van der Waals surface area contributed by atoms with Crippen LogP contribution in [0.1, 0.15) is 45.4 Å². The van der Waals surface area contributed by atoms with E-state index >= 15 is 0 Å². The molecule has 102 valence electrons. The lowest BCUT2D eigenvalue weighted by Crippen LogP contribution is -2.09. The highest BCUT2D eigenvalue weighted by molar-refractivity contribution is 7.91. The fraction of sp³-hybridized carbons (Fsp3) is 0.571. The SMILES string of the molecule is CCCCCCCCS(=O)(=O)c1ccccc1N. The molecule has 0 aliphatic rings. The summed E-state index contributed by atoms with van der Waals surface area (Å²) >= 11 is 0. The van der Waals surface area contributed by atoms with Gasteiger partial charge in [-0.25, -0.2) is 8.42 Å². The zero-order chi connectivity index (χ0) is 13.4. The van der Waals surface area contributed by atoms with Gasteiger partial charge < -0.3 is 5.73 Å². The third kappa shape index (κ3) is 4.69. The Kier molecular flexibility index (Phi) is 6.19. The second-order valence-corrected chi connectivity index (χ2v) is 6.70. The van der Waals surface area contributed by atoms with Gasteiger partial charge in [0.2, 0.25) is 0 Å². The number of nitrogen functional groups attached to an aromatic ring is 1. The average molecular weight is 269 g/mol. The van der Waals surface area contributed by atoms with E-state index in [-0.39, 0.29) is 10.6 Å². The molecule has 0 saturated carbocycles. The quantitative estimate of drug-likeness (QED) is 0.581. The van der Waals surface area contributed by atoms with E-state index in [1.54, 1.807) is 24.3 Å². The number of benzene rings is 1. The topological polar surface area (TPSA) is 60.2 Å². The molecule has 0 aliphatic heterocycles. The molecule has 1 aromatic rings. The van der Waals surface area contributed by atoms with Crippen molar-refractivity contribution >= 4 is 15.5 Å². The molecular formula is C14H23NO2S. The predicted octanol–water partition coefficient (Wildman–Crippen LogP) is 3.40. The van der Waals surface area contributed by atoms with Crippen LogP contribution in [0.25, 0.3) is 0 Å². The number of para-hydroxylation sites is 1.